The first-order valence-corrected chi connectivity index (χ1v) is 7.35. The second kappa shape index (κ2) is 5.76. The maximum absolute atomic E-state index is 10.6. The van der Waals surface area contributed by atoms with Gasteiger partial charge in [-0.15, -0.1) is 0 Å². The summed E-state index contributed by atoms with van der Waals surface area (Å²) in [6, 6.07) is 8.77. The Balaban J connectivity index is 2.03. The molecule has 0 aliphatic carbocycles. The average Bonchev–Trinajstić information content (AvgIpc) is 2.46. The van der Waals surface area contributed by atoms with E-state index in [9.17, 15) is 5.11 Å². The van der Waals surface area contributed by atoms with Crippen molar-refractivity contribution in [2.75, 3.05) is 13.2 Å². The highest BCUT2D eigenvalue weighted by molar-refractivity contribution is 6.31. The summed E-state index contributed by atoms with van der Waals surface area (Å²) in [5.74, 6) is 1.21. The van der Waals surface area contributed by atoms with Crippen LogP contribution >= 0.6 is 23.2 Å². The Kier molecular flexibility index (Phi) is 3.98. The van der Waals surface area contributed by atoms with Crippen LogP contribution in [0.25, 0.3) is 0 Å². The lowest BCUT2D eigenvalue weighted by Crippen LogP contribution is -2.16. The van der Waals surface area contributed by atoms with Crippen molar-refractivity contribution in [2.24, 2.45) is 0 Å². The molecule has 3 rings (SSSR count). The van der Waals surface area contributed by atoms with Crippen LogP contribution in [-0.4, -0.2) is 18.3 Å². The summed E-state index contributed by atoms with van der Waals surface area (Å²) in [7, 11) is 0. The number of benzene rings is 2. The minimum absolute atomic E-state index is 0.445. The summed E-state index contributed by atoms with van der Waals surface area (Å²) in [6.45, 7) is 2.89. The SMILES string of the molecule is Cc1cc(Cl)ccc1C(O)c1cc2c(cc1Cl)OCCO2. The Hall–Kier alpha value is -1.42. The lowest BCUT2D eigenvalue weighted by atomic mass is 9.97. The molecule has 0 amide bonds. The molecule has 0 saturated heterocycles. The van der Waals surface area contributed by atoms with Gasteiger partial charge in [0, 0.05) is 16.7 Å². The highest BCUT2D eigenvalue weighted by Gasteiger charge is 2.21. The minimum Gasteiger partial charge on any atom is -0.486 e. The first kappa shape index (κ1) is 14.5. The van der Waals surface area contributed by atoms with Crippen LogP contribution in [0, 0.1) is 6.92 Å². The Morgan fingerprint density at radius 1 is 1.00 bits per heavy atom. The molecule has 2 aromatic carbocycles. The molecule has 110 valence electrons. The van der Waals surface area contributed by atoms with Crippen LogP contribution in [0.5, 0.6) is 11.5 Å². The third kappa shape index (κ3) is 2.82. The van der Waals surface area contributed by atoms with Crippen molar-refractivity contribution in [3.8, 4) is 11.5 Å². The van der Waals surface area contributed by atoms with E-state index in [1.165, 1.54) is 0 Å². The summed E-state index contributed by atoms with van der Waals surface area (Å²) in [5.41, 5.74) is 2.25. The van der Waals surface area contributed by atoms with Gasteiger partial charge in [0.2, 0.25) is 0 Å². The summed E-state index contributed by atoms with van der Waals surface area (Å²) in [4.78, 5) is 0. The zero-order valence-corrected chi connectivity index (χ0v) is 12.9. The number of ether oxygens (including phenoxy) is 2. The number of aryl methyl sites for hydroxylation is 1. The van der Waals surface area contributed by atoms with E-state index in [0.29, 0.717) is 40.3 Å². The van der Waals surface area contributed by atoms with Gasteiger partial charge < -0.3 is 14.6 Å². The van der Waals surface area contributed by atoms with Gasteiger partial charge in [-0.2, -0.15) is 0 Å². The van der Waals surface area contributed by atoms with Gasteiger partial charge >= 0.3 is 0 Å². The standard InChI is InChI=1S/C16H14Cl2O3/c1-9-6-10(17)2-3-11(9)16(19)12-7-14-15(8-13(12)18)21-5-4-20-14/h2-3,6-8,16,19H,4-5H2,1H3. The number of fused-ring (bicyclic) bond motifs is 1. The van der Waals surface area contributed by atoms with E-state index < -0.39 is 6.10 Å². The number of rotatable bonds is 2. The topological polar surface area (TPSA) is 38.7 Å². The number of hydrogen-bond donors (Lipinski definition) is 1. The lowest BCUT2D eigenvalue weighted by Gasteiger charge is -2.22. The summed E-state index contributed by atoms with van der Waals surface area (Å²) in [6.07, 6.45) is -0.842. The predicted octanol–water partition coefficient (Wildman–Crippen LogP) is 4.15. The highest BCUT2D eigenvalue weighted by Crippen LogP contribution is 2.39. The van der Waals surface area contributed by atoms with E-state index in [2.05, 4.69) is 0 Å². The van der Waals surface area contributed by atoms with Crippen molar-refractivity contribution in [3.63, 3.8) is 0 Å². The van der Waals surface area contributed by atoms with Gasteiger partial charge in [0.15, 0.2) is 11.5 Å². The molecule has 0 aromatic heterocycles. The van der Waals surface area contributed by atoms with E-state index in [-0.39, 0.29) is 0 Å². The zero-order chi connectivity index (χ0) is 15.0. The molecule has 0 bridgehead atoms. The van der Waals surface area contributed by atoms with Crippen molar-refractivity contribution in [1.82, 2.24) is 0 Å². The first-order chi connectivity index (χ1) is 10.1. The maximum Gasteiger partial charge on any atom is 0.162 e. The van der Waals surface area contributed by atoms with Crippen molar-refractivity contribution in [3.05, 3.63) is 57.1 Å². The normalized spacial score (nSPS) is 14.9. The molecular weight excluding hydrogens is 311 g/mol. The fraction of sp³-hybridized carbons (Fsp3) is 0.250. The predicted molar refractivity (Wildman–Crippen MR) is 82.7 cm³/mol. The molecule has 0 radical (unpaired) electrons. The van der Waals surface area contributed by atoms with E-state index >= 15 is 0 Å². The molecule has 21 heavy (non-hydrogen) atoms. The number of halogens is 2. The molecule has 5 heteroatoms. The second-order valence-electron chi connectivity index (χ2n) is 4.92. The van der Waals surface area contributed by atoms with Gasteiger partial charge in [-0.25, -0.2) is 0 Å². The van der Waals surface area contributed by atoms with Crippen molar-refractivity contribution >= 4 is 23.2 Å². The third-order valence-electron chi connectivity index (χ3n) is 3.48. The molecule has 2 aromatic rings. The molecule has 0 fully saturated rings. The van der Waals surface area contributed by atoms with Gasteiger partial charge in [-0.1, -0.05) is 29.3 Å². The van der Waals surface area contributed by atoms with Crippen LogP contribution in [0.3, 0.4) is 0 Å². The molecular formula is C16H14Cl2O3. The fourth-order valence-corrected chi connectivity index (χ4v) is 2.89. The Labute approximate surface area is 133 Å². The van der Waals surface area contributed by atoms with E-state index in [4.69, 9.17) is 32.7 Å². The van der Waals surface area contributed by atoms with Crippen molar-refractivity contribution in [1.29, 1.82) is 0 Å². The zero-order valence-electron chi connectivity index (χ0n) is 11.4. The quantitative estimate of drug-likeness (QED) is 0.901. The van der Waals surface area contributed by atoms with E-state index in [0.717, 1.165) is 11.1 Å². The van der Waals surface area contributed by atoms with Crippen molar-refractivity contribution < 1.29 is 14.6 Å². The van der Waals surface area contributed by atoms with Gasteiger partial charge in [0.05, 0.1) is 5.02 Å². The molecule has 1 heterocycles. The Morgan fingerprint density at radius 2 is 1.67 bits per heavy atom. The van der Waals surface area contributed by atoms with Gasteiger partial charge in [0.25, 0.3) is 0 Å². The highest BCUT2D eigenvalue weighted by atomic mass is 35.5. The summed E-state index contributed by atoms with van der Waals surface area (Å²) < 4.78 is 11.0. The molecule has 1 N–H and O–H groups in total. The molecule has 0 saturated carbocycles. The van der Waals surface area contributed by atoms with Crippen LogP contribution in [0.15, 0.2) is 30.3 Å². The summed E-state index contributed by atoms with van der Waals surface area (Å²) in [5, 5.41) is 11.7. The number of hydrogen-bond acceptors (Lipinski definition) is 3. The second-order valence-corrected chi connectivity index (χ2v) is 5.76. The maximum atomic E-state index is 10.6. The Morgan fingerprint density at radius 3 is 2.33 bits per heavy atom. The van der Waals surface area contributed by atoms with Crippen LogP contribution in [0.2, 0.25) is 10.0 Å². The molecule has 1 aliphatic heterocycles. The van der Waals surface area contributed by atoms with Crippen LogP contribution in [0.4, 0.5) is 0 Å². The third-order valence-corrected chi connectivity index (χ3v) is 4.04. The molecule has 0 spiro atoms. The van der Waals surface area contributed by atoms with Gasteiger partial charge in [-0.05, 0) is 36.2 Å². The smallest absolute Gasteiger partial charge is 0.162 e. The minimum atomic E-state index is -0.842. The monoisotopic (exact) mass is 324 g/mol. The van der Waals surface area contributed by atoms with Gasteiger partial charge in [-0.3, -0.25) is 0 Å². The van der Waals surface area contributed by atoms with Gasteiger partial charge in [0.1, 0.15) is 19.3 Å². The molecule has 1 unspecified atom stereocenters. The summed E-state index contributed by atoms with van der Waals surface area (Å²) >= 11 is 12.2. The van der Waals surface area contributed by atoms with Crippen LogP contribution < -0.4 is 9.47 Å². The Bertz CT molecular complexity index is 685. The van der Waals surface area contributed by atoms with Crippen LogP contribution in [-0.2, 0) is 0 Å². The number of aliphatic hydroxyl groups is 1. The first-order valence-electron chi connectivity index (χ1n) is 6.59. The van der Waals surface area contributed by atoms with Crippen LogP contribution in [0.1, 0.15) is 22.8 Å². The molecule has 1 aliphatic rings. The largest absolute Gasteiger partial charge is 0.486 e. The van der Waals surface area contributed by atoms with Crippen molar-refractivity contribution in [2.45, 2.75) is 13.0 Å². The number of aliphatic hydroxyl groups excluding tert-OH is 1. The molecule has 3 nitrogen and oxygen atoms in total. The molecule has 1 atom stereocenters. The average molecular weight is 325 g/mol. The fourth-order valence-electron chi connectivity index (χ4n) is 2.40. The van der Waals surface area contributed by atoms with E-state index in [1.807, 2.05) is 13.0 Å². The van der Waals surface area contributed by atoms with E-state index in [1.54, 1.807) is 24.3 Å². The lowest BCUT2D eigenvalue weighted by molar-refractivity contribution is 0.169.